The fourth-order valence-electron chi connectivity index (χ4n) is 2.83. The third-order valence-electron chi connectivity index (χ3n) is 4.12. The summed E-state index contributed by atoms with van der Waals surface area (Å²) in [5, 5.41) is 2.97. The average Bonchev–Trinajstić information content (AvgIpc) is 2.67. The molecule has 1 aliphatic rings. The van der Waals surface area contributed by atoms with Gasteiger partial charge in [-0.15, -0.1) is 0 Å². The van der Waals surface area contributed by atoms with Crippen molar-refractivity contribution < 1.29 is 14.3 Å². The van der Waals surface area contributed by atoms with Gasteiger partial charge in [-0.1, -0.05) is 28.1 Å². The first-order valence-electron chi connectivity index (χ1n) is 8.41. The lowest BCUT2D eigenvalue weighted by molar-refractivity contribution is -0.111. The number of ether oxygens (including phenoxy) is 2. The maximum atomic E-state index is 12.4. The first-order chi connectivity index (χ1) is 12.7. The second kappa shape index (κ2) is 8.87. The standard InChI is InChI=1S/C20H21BrN2O3/c1-25-19-8-7-16(21)14-15(19)6-9-20(24)22-17-4-2-3-5-18(17)23-10-12-26-13-11-23/h2-9,14H,10-13H2,1H3,(H,22,24). The largest absolute Gasteiger partial charge is 0.496 e. The van der Waals surface area contributed by atoms with Gasteiger partial charge < -0.3 is 19.7 Å². The third kappa shape index (κ3) is 4.65. The number of rotatable bonds is 5. The fourth-order valence-corrected chi connectivity index (χ4v) is 3.21. The lowest BCUT2D eigenvalue weighted by Gasteiger charge is -2.30. The molecule has 0 spiro atoms. The van der Waals surface area contributed by atoms with Crippen molar-refractivity contribution in [3.05, 3.63) is 58.6 Å². The second-order valence-electron chi connectivity index (χ2n) is 5.83. The van der Waals surface area contributed by atoms with Crippen molar-refractivity contribution in [3.8, 4) is 5.75 Å². The summed E-state index contributed by atoms with van der Waals surface area (Å²) in [6, 6.07) is 13.5. The molecule has 1 saturated heterocycles. The van der Waals surface area contributed by atoms with Crippen molar-refractivity contribution in [2.75, 3.05) is 43.6 Å². The minimum absolute atomic E-state index is 0.187. The van der Waals surface area contributed by atoms with Crippen LogP contribution in [0.1, 0.15) is 5.56 Å². The van der Waals surface area contributed by atoms with E-state index in [1.165, 1.54) is 6.08 Å². The topological polar surface area (TPSA) is 50.8 Å². The zero-order chi connectivity index (χ0) is 18.4. The highest BCUT2D eigenvalue weighted by Crippen LogP contribution is 2.27. The molecule has 3 rings (SSSR count). The number of nitrogens with zero attached hydrogens (tertiary/aromatic N) is 1. The van der Waals surface area contributed by atoms with Gasteiger partial charge in [0.1, 0.15) is 5.75 Å². The molecule has 0 aromatic heterocycles. The smallest absolute Gasteiger partial charge is 0.248 e. The molecule has 136 valence electrons. The Kier molecular flexibility index (Phi) is 6.30. The van der Waals surface area contributed by atoms with E-state index in [0.717, 1.165) is 34.5 Å². The quantitative estimate of drug-likeness (QED) is 0.749. The summed E-state index contributed by atoms with van der Waals surface area (Å²) in [5.41, 5.74) is 2.64. The second-order valence-corrected chi connectivity index (χ2v) is 6.74. The van der Waals surface area contributed by atoms with Crippen LogP contribution < -0.4 is 15.0 Å². The normalized spacial score (nSPS) is 14.5. The lowest BCUT2D eigenvalue weighted by atomic mass is 10.2. The van der Waals surface area contributed by atoms with E-state index in [-0.39, 0.29) is 5.91 Å². The Balaban J connectivity index is 1.73. The van der Waals surface area contributed by atoms with Gasteiger partial charge in [-0.2, -0.15) is 0 Å². The molecule has 6 heteroatoms. The van der Waals surface area contributed by atoms with Crippen LogP contribution in [0.15, 0.2) is 53.0 Å². The monoisotopic (exact) mass is 416 g/mol. The van der Waals surface area contributed by atoms with E-state index in [1.807, 2.05) is 42.5 Å². The molecule has 1 aliphatic heterocycles. The molecule has 1 amide bonds. The molecule has 1 fully saturated rings. The Bertz CT molecular complexity index is 801. The summed E-state index contributed by atoms with van der Waals surface area (Å²) in [7, 11) is 1.61. The molecule has 26 heavy (non-hydrogen) atoms. The predicted octanol–water partition coefficient (Wildman–Crippen LogP) is 3.95. The van der Waals surface area contributed by atoms with Crippen LogP contribution in [-0.4, -0.2) is 39.3 Å². The third-order valence-corrected chi connectivity index (χ3v) is 4.61. The van der Waals surface area contributed by atoms with E-state index in [0.29, 0.717) is 19.0 Å². The van der Waals surface area contributed by atoms with Crippen molar-refractivity contribution in [2.45, 2.75) is 0 Å². The van der Waals surface area contributed by atoms with Gasteiger partial charge in [0.2, 0.25) is 5.91 Å². The number of hydrogen-bond donors (Lipinski definition) is 1. The number of para-hydroxylation sites is 2. The molecule has 0 aliphatic carbocycles. The van der Waals surface area contributed by atoms with Crippen LogP contribution in [0.2, 0.25) is 0 Å². The van der Waals surface area contributed by atoms with E-state index in [4.69, 9.17) is 9.47 Å². The van der Waals surface area contributed by atoms with E-state index in [1.54, 1.807) is 13.2 Å². The van der Waals surface area contributed by atoms with Crippen LogP contribution in [0.3, 0.4) is 0 Å². The number of hydrogen-bond acceptors (Lipinski definition) is 4. The highest BCUT2D eigenvalue weighted by molar-refractivity contribution is 9.10. The van der Waals surface area contributed by atoms with Crippen molar-refractivity contribution >= 4 is 39.3 Å². The zero-order valence-corrected chi connectivity index (χ0v) is 16.2. The Morgan fingerprint density at radius 1 is 1.23 bits per heavy atom. The molecule has 0 unspecified atom stereocenters. The number of carbonyl (C=O) groups excluding carboxylic acids is 1. The van der Waals surface area contributed by atoms with Crippen molar-refractivity contribution in [1.29, 1.82) is 0 Å². The number of halogens is 1. The predicted molar refractivity (Wildman–Crippen MR) is 108 cm³/mol. The molecule has 0 radical (unpaired) electrons. The Hall–Kier alpha value is -2.31. The van der Waals surface area contributed by atoms with Gasteiger partial charge in [0.25, 0.3) is 0 Å². The van der Waals surface area contributed by atoms with Gasteiger partial charge in [0, 0.05) is 29.2 Å². The van der Waals surface area contributed by atoms with Crippen LogP contribution in [0.4, 0.5) is 11.4 Å². The summed E-state index contributed by atoms with van der Waals surface area (Å²) in [6.45, 7) is 3.03. The van der Waals surface area contributed by atoms with Gasteiger partial charge in [0.05, 0.1) is 31.7 Å². The molecule has 1 N–H and O–H groups in total. The SMILES string of the molecule is COc1ccc(Br)cc1C=CC(=O)Nc1ccccc1N1CCOCC1. The lowest BCUT2D eigenvalue weighted by Crippen LogP contribution is -2.36. The molecular weight excluding hydrogens is 396 g/mol. The number of benzene rings is 2. The summed E-state index contributed by atoms with van der Waals surface area (Å²) >= 11 is 3.43. The van der Waals surface area contributed by atoms with E-state index >= 15 is 0 Å². The van der Waals surface area contributed by atoms with Gasteiger partial charge in [-0.25, -0.2) is 0 Å². The van der Waals surface area contributed by atoms with Gasteiger partial charge in [-0.05, 0) is 36.4 Å². The number of nitrogens with one attached hydrogen (secondary N) is 1. The van der Waals surface area contributed by atoms with E-state index in [9.17, 15) is 4.79 Å². The van der Waals surface area contributed by atoms with Crippen LogP contribution >= 0.6 is 15.9 Å². The van der Waals surface area contributed by atoms with Crippen molar-refractivity contribution in [1.82, 2.24) is 0 Å². The van der Waals surface area contributed by atoms with E-state index < -0.39 is 0 Å². The summed E-state index contributed by atoms with van der Waals surface area (Å²) in [4.78, 5) is 14.6. The number of morpholine rings is 1. The number of anilines is 2. The molecule has 1 heterocycles. The first-order valence-corrected chi connectivity index (χ1v) is 9.21. The molecule has 5 nitrogen and oxygen atoms in total. The Labute approximate surface area is 161 Å². The molecule has 0 bridgehead atoms. The van der Waals surface area contributed by atoms with Gasteiger partial charge in [0.15, 0.2) is 0 Å². The molecule has 0 atom stereocenters. The van der Waals surface area contributed by atoms with Crippen LogP contribution in [0.25, 0.3) is 6.08 Å². The van der Waals surface area contributed by atoms with Gasteiger partial charge in [-0.3, -0.25) is 4.79 Å². The van der Waals surface area contributed by atoms with Crippen LogP contribution in [-0.2, 0) is 9.53 Å². The number of methoxy groups -OCH3 is 1. The summed E-state index contributed by atoms with van der Waals surface area (Å²) < 4.78 is 11.7. The fraction of sp³-hybridized carbons (Fsp3) is 0.250. The van der Waals surface area contributed by atoms with Gasteiger partial charge >= 0.3 is 0 Å². The highest BCUT2D eigenvalue weighted by Gasteiger charge is 2.15. The first kappa shape index (κ1) is 18.5. The minimum atomic E-state index is -0.187. The van der Waals surface area contributed by atoms with Crippen molar-refractivity contribution in [2.24, 2.45) is 0 Å². The summed E-state index contributed by atoms with van der Waals surface area (Å²) in [6.07, 6.45) is 3.26. The Morgan fingerprint density at radius 2 is 2.00 bits per heavy atom. The highest BCUT2D eigenvalue weighted by atomic mass is 79.9. The molecular formula is C20H21BrN2O3. The number of carbonyl (C=O) groups is 1. The van der Waals surface area contributed by atoms with E-state index in [2.05, 4.69) is 26.1 Å². The average molecular weight is 417 g/mol. The molecule has 2 aromatic rings. The van der Waals surface area contributed by atoms with Crippen molar-refractivity contribution in [3.63, 3.8) is 0 Å². The maximum absolute atomic E-state index is 12.4. The minimum Gasteiger partial charge on any atom is -0.496 e. The zero-order valence-electron chi connectivity index (χ0n) is 14.6. The number of amides is 1. The molecule has 2 aromatic carbocycles. The van der Waals surface area contributed by atoms with Crippen LogP contribution in [0.5, 0.6) is 5.75 Å². The summed E-state index contributed by atoms with van der Waals surface area (Å²) in [5.74, 6) is 0.527. The Morgan fingerprint density at radius 3 is 2.77 bits per heavy atom. The maximum Gasteiger partial charge on any atom is 0.248 e. The van der Waals surface area contributed by atoms with Crippen LogP contribution in [0, 0.1) is 0 Å². The molecule has 0 saturated carbocycles.